The highest BCUT2D eigenvalue weighted by Crippen LogP contribution is 2.11. The van der Waals surface area contributed by atoms with Gasteiger partial charge in [-0.05, 0) is 49.2 Å². The third-order valence-corrected chi connectivity index (χ3v) is 3.24. The highest BCUT2D eigenvalue weighted by Gasteiger charge is 2.03. The molecule has 0 heterocycles. The summed E-state index contributed by atoms with van der Waals surface area (Å²) in [7, 11) is 0. The number of hydrogen-bond acceptors (Lipinski definition) is 3. The maximum Gasteiger partial charge on any atom is 0.269 e. The van der Waals surface area contributed by atoms with Gasteiger partial charge in [-0.3, -0.25) is 10.1 Å². The van der Waals surface area contributed by atoms with E-state index in [1.165, 1.54) is 24.3 Å². The first-order chi connectivity index (χ1) is 10.1. The van der Waals surface area contributed by atoms with Crippen molar-refractivity contribution in [1.82, 2.24) is 5.32 Å². The van der Waals surface area contributed by atoms with Crippen molar-refractivity contribution in [1.29, 1.82) is 0 Å². The van der Waals surface area contributed by atoms with Crippen molar-refractivity contribution in [2.75, 3.05) is 13.1 Å². The SMILES string of the molecule is O=[N+]([O-])c1ccc(CCNCCc2ccc(F)cc2)cc1. The first-order valence-corrected chi connectivity index (χ1v) is 6.83. The van der Waals surface area contributed by atoms with Crippen molar-refractivity contribution in [3.8, 4) is 0 Å². The minimum absolute atomic E-state index is 0.114. The molecule has 0 aliphatic carbocycles. The van der Waals surface area contributed by atoms with Crippen molar-refractivity contribution in [2.24, 2.45) is 0 Å². The van der Waals surface area contributed by atoms with Crippen LogP contribution in [0.15, 0.2) is 48.5 Å². The fraction of sp³-hybridized carbons (Fsp3) is 0.250. The van der Waals surface area contributed by atoms with E-state index in [4.69, 9.17) is 0 Å². The zero-order chi connectivity index (χ0) is 15.1. The van der Waals surface area contributed by atoms with Crippen LogP contribution < -0.4 is 5.32 Å². The van der Waals surface area contributed by atoms with E-state index in [1.54, 1.807) is 24.3 Å². The van der Waals surface area contributed by atoms with E-state index >= 15 is 0 Å². The molecule has 1 N–H and O–H groups in total. The van der Waals surface area contributed by atoms with Crippen LogP contribution in [0.2, 0.25) is 0 Å². The molecule has 0 aliphatic heterocycles. The van der Waals surface area contributed by atoms with Gasteiger partial charge in [0.1, 0.15) is 5.82 Å². The number of nitro groups is 1. The minimum Gasteiger partial charge on any atom is -0.316 e. The van der Waals surface area contributed by atoms with Gasteiger partial charge in [-0.15, -0.1) is 0 Å². The van der Waals surface area contributed by atoms with Crippen LogP contribution in [0.25, 0.3) is 0 Å². The molecule has 2 aromatic carbocycles. The second-order valence-electron chi connectivity index (χ2n) is 4.80. The predicted octanol–water partition coefficient (Wildman–Crippen LogP) is 3.11. The second-order valence-corrected chi connectivity index (χ2v) is 4.80. The lowest BCUT2D eigenvalue weighted by atomic mass is 10.1. The van der Waals surface area contributed by atoms with Crippen LogP contribution >= 0.6 is 0 Å². The number of nitrogens with one attached hydrogen (secondary N) is 1. The van der Waals surface area contributed by atoms with Crippen molar-refractivity contribution < 1.29 is 9.31 Å². The van der Waals surface area contributed by atoms with Gasteiger partial charge < -0.3 is 5.32 Å². The predicted molar refractivity (Wildman–Crippen MR) is 79.8 cm³/mol. The molecule has 0 radical (unpaired) electrons. The number of hydrogen-bond donors (Lipinski definition) is 1. The van der Waals surface area contributed by atoms with E-state index in [-0.39, 0.29) is 11.5 Å². The molecule has 0 saturated heterocycles. The number of nitro benzene ring substituents is 1. The molecule has 110 valence electrons. The molecule has 0 amide bonds. The van der Waals surface area contributed by atoms with E-state index in [2.05, 4.69) is 5.32 Å². The standard InChI is InChI=1S/C16H17FN2O2/c17-15-5-1-13(2-6-15)9-11-18-12-10-14-3-7-16(8-4-14)19(20)21/h1-8,18H,9-12H2. The van der Waals surface area contributed by atoms with Crippen LogP contribution in [0.3, 0.4) is 0 Å². The molecule has 2 aromatic rings. The van der Waals surface area contributed by atoms with Crippen LogP contribution in [-0.4, -0.2) is 18.0 Å². The molecule has 2 rings (SSSR count). The summed E-state index contributed by atoms with van der Waals surface area (Å²) in [5.74, 6) is -0.218. The molecular weight excluding hydrogens is 271 g/mol. The number of rotatable bonds is 7. The lowest BCUT2D eigenvalue weighted by Gasteiger charge is -2.05. The fourth-order valence-corrected chi connectivity index (χ4v) is 2.03. The lowest BCUT2D eigenvalue weighted by Crippen LogP contribution is -2.20. The smallest absolute Gasteiger partial charge is 0.269 e. The monoisotopic (exact) mass is 288 g/mol. The fourth-order valence-electron chi connectivity index (χ4n) is 2.03. The summed E-state index contributed by atoms with van der Waals surface area (Å²) < 4.78 is 12.7. The van der Waals surface area contributed by atoms with Gasteiger partial charge in [0.05, 0.1) is 4.92 Å². The van der Waals surface area contributed by atoms with Gasteiger partial charge in [0.15, 0.2) is 0 Å². The van der Waals surface area contributed by atoms with E-state index in [0.717, 1.165) is 37.1 Å². The van der Waals surface area contributed by atoms with Gasteiger partial charge in [0.25, 0.3) is 5.69 Å². The Morgan fingerprint density at radius 2 is 1.38 bits per heavy atom. The number of nitrogens with zero attached hydrogens (tertiary/aromatic N) is 1. The Balaban J connectivity index is 1.67. The minimum atomic E-state index is -0.398. The molecule has 0 unspecified atom stereocenters. The highest BCUT2D eigenvalue weighted by molar-refractivity contribution is 5.32. The third kappa shape index (κ3) is 4.96. The zero-order valence-corrected chi connectivity index (χ0v) is 11.6. The Bertz CT molecular complexity index is 582. The Morgan fingerprint density at radius 3 is 1.86 bits per heavy atom. The van der Waals surface area contributed by atoms with Gasteiger partial charge >= 0.3 is 0 Å². The Kier molecular flexibility index (Phi) is 5.40. The summed E-state index contributed by atoms with van der Waals surface area (Å²) in [5.41, 5.74) is 2.28. The Labute approximate surface area is 122 Å². The summed E-state index contributed by atoms with van der Waals surface area (Å²) in [5, 5.41) is 13.8. The molecule has 0 aromatic heterocycles. The first kappa shape index (κ1) is 15.1. The largest absolute Gasteiger partial charge is 0.316 e. The van der Waals surface area contributed by atoms with Crippen molar-refractivity contribution in [3.05, 3.63) is 75.6 Å². The molecule has 21 heavy (non-hydrogen) atoms. The normalized spacial score (nSPS) is 10.5. The molecule has 0 aliphatic rings. The van der Waals surface area contributed by atoms with E-state index in [9.17, 15) is 14.5 Å². The molecule has 0 atom stereocenters. The zero-order valence-electron chi connectivity index (χ0n) is 11.6. The topological polar surface area (TPSA) is 55.2 Å². The molecule has 5 heteroatoms. The molecule has 4 nitrogen and oxygen atoms in total. The summed E-state index contributed by atoms with van der Waals surface area (Å²) in [4.78, 5) is 10.1. The van der Waals surface area contributed by atoms with Gasteiger partial charge in [0.2, 0.25) is 0 Å². The number of benzene rings is 2. The summed E-state index contributed by atoms with van der Waals surface area (Å²) in [6.07, 6.45) is 1.67. The molecular formula is C16H17FN2O2. The summed E-state index contributed by atoms with van der Waals surface area (Å²) in [6, 6.07) is 13.1. The Hall–Kier alpha value is -2.27. The van der Waals surface area contributed by atoms with Crippen LogP contribution in [0.4, 0.5) is 10.1 Å². The average molecular weight is 288 g/mol. The van der Waals surface area contributed by atoms with E-state index in [1.807, 2.05) is 0 Å². The Morgan fingerprint density at radius 1 is 0.905 bits per heavy atom. The highest BCUT2D eigenvalue weighted by atomic mass is 19.1. The summed E-state index contributed by atoms with van der Waals surface area (Å²) in [6.45, 7) is 1.62. The van der Waals surface area contributed by atoms with Crippen molar-refractivity contribution in [3.63, 3.8) is 0 Å². The van der Waals surface area contributed by atoms with Gasteiger partial charge in [-0.25, -0.2) is 4.39 Å². The first-order valence-electron chi connectivity index (χ1n) is 6.83. The van der Waals surface area contributed by atoms with Gasteiger partial charge in [0, 0.05) is 12.1 Å². The number of halogens is 1. The summed E-state index contributed by atoms with van der Waals surface area (Å²) >= 11 is 0. The van der Waals surface area contributed by atoms with Crippen LogP contribution in [0, 0.1) is 15.9 Å². The molecule has 0 fully saturated rings. The molecule has 0 spiro atoms. The van der Waals surface area contributed by atoms with E-state index in [0.29, 0.717) is 0 Å². The quantitative estimate of drug-likeness (QED) is 0.484. The van der Waals surface area contributed by atoms with Gasteiger partial charge in [-0.1, -0.05) is 24.3 Å². The van der Waals surface area contributed by atoms with Crippen LogP contribution in [0.5, 0.6) is 0 Å². The maximum atomic E-state index is 12.7. The van der Waals surface area contributed by atoms with Crippen LogP contribution in [0.1, 0.15) is 11.1 Å². The second kappa shape index (κ2) is 7.50. The van der Waals surface area contributed by atoms with E-state index < -0.39 is 4.92 Å². The van der Waals surface area contributed by atoms with Crippen LogP contribution in [-0.2, 0) is 12.8 Å². The molecule has 0 saturated carbocycles. The maximum absolute atomic E-state index is 12.7. The van der Waals surface area contributed by atoms with Crippen molar-refractivity contribution >= 4 is 5.69 Å². The molecule has 0 bridgehead atoms. The third-order valence-electron chi connectivity index (χ3n) is 3.24. The average Bonchev–Trinajstić information content (AvgIpc) is 2.49. The van der Waals surface area contributed by atoms with Gasteiger partial charge in [-0.2, -0.15) is 0 Å². The number of non-ortho nitro benzene ring substituents is 1. The van der Waals surface area contributed by atoms with Crippen molar-refractivity contribution in [2.45, 2.75) is 12.8 Å². The lowest BCUT2D eigenvalue weighted by molar-refractivity contribution is -0.384.